The summed E-state index contributed by atoms with van der Waals surface area (Å²) >= 11 is 0. The largest absolute Gasteiger partial charge is 0.299 e. The number of benzene rings is 1. The summed E-state index contributed by atoms with van der Waals surface area (Å²) < 4.78 is 37.5. The van der Waals surface area contributed by atoms with Crippen molar-refractivity contribution < 1.29 is 17.6 Å². The van der Waals surface area contributed by atoms with Crippen LogP contribution in [0.25, 0.3) is 0 Å². The van der Waals surface area contributed by atoms with Crippen molar-refractivity contribution in [2.75, 3.05) is 13.3 Å². The van der Waals surface area contributed by atoms with E-state index in [-0.39, 0.29) is 23.8 Å². The SMILES string of the molecule is CC(=O)C(C)c1ccc(CN(C)S(C)(=O)=O)c(F)c1. The summed E-state index contributed by atoms with van der Waals surface area (Å²) in [5.74, 6) is -0.905. The number of carbonyl (C=O) groups is 1. The Bertz CT molecular complexity index is 584. The summed E-state index contributed by atoms with van der Waals surface area (Å²) in [6.45, 7) is 3.13. The molecule has 4 nitrogen and oxygen atoms in total. The van der Waals surface area contributed by atoms with Crippen LogP contribution in [0.2, 0.25) is 0 Å². The Balaban J connectivity index is 2.99. The van der Waals surface area contributed by atoms with Crippen LogP contribution in [0, 0.1) is 5.82 Å². The van der Waals surface area contributed by atoms with E-state index in [1.54, 1.807) is 13.0 Å². The third-order valence-corrected chi connectivity index (χ3v) is 4.41. The Morgan fingerprint density at radius 1 is 1.42 bits per heavy atom. The van der Waals surface area contributed by atoms with E-state index in [4.69, 9.17) is 0 Å². The highest BCUT2D eigenvalue weighted by atomic mass is 32.2. The molecule has 0 saturated carbocycles. The molecule has 0 amide bonds. The van der Waals surface area contributed by atoms with Gasteiger partial charge in [-0.1, -0.05) is 19.1 Å². The average molecular weight is 287 g/mol. The maximum atomic E-state index is 13.9. The maximum Gasteiger partial charge on any atom is 0.211 e. The van der Waals surface area contributed by atoms with Crippen molar-refractivity contribution >= 4 is 15.8 Å². The van der Waals surface area contributed by atoms with Crippen molar-refractivity contribution in [3.63, 3.8) is 0 Å². The first-order chi connectivity index (χ1) is 8.62. The number of carbonyl (C=O) groups excluding carboxylic acids is 1. The van der Waals surface area contributed by atoms with E-state index in [0.717, 1.165) is 10.6 Å². The smallest absolute Gasteiger partial charge is 0.211 e. The van der Waals surface area contributed by atoms with Crippen LogP contribution in [-0.4, -0.2) is 31.8 Å². The zero-order valence-corrected chi connectivity index (χ0v) is 12.3. The topological polar surface area (TPSA) is 54.5 Å². The number of halogens is 1. The third-order valence-electron chi connectivity index (χ3n) is 3.15. The van der Waals surface area contributed by atoms with E-state index in [0.29, 0.717) is 5.56 Å². The van der Waals surface area contributed by atoms with Crippen LogP contribution >= 0.6 is 0 Å². The van der Waals surface area contributed by atoms with Crippen molar-refractivity contribution in [2.24, 2.45) is 0 Å². The third kappa shape index (κ3) is 4.11. The minimum atomic E-state index is -3.35. The van der Waals surface area contributed by atoms with Crippen LogP contribution in [0.3, 0.4) is 0 Å². The molecule has 0 aliphatic carbocycles. The Morgan fingerprint density at radius 2 is 2.00 bits per heavy atom. The molecular weight excluding hydrogens is 269 g/mol. The highest BCUT2D eigenvalue weighted by molar-refractivity contribution is 7.88. The predicted octanol–water partition coefficient (Wildman–Crippen LogP) is 1.91. The van der Waals surface area contributed by atoms with Gasteiger partial charge in [0.2, 0.25) is 10.0 Å². The van der Waals surface area contributed by atoms with Crippen LogP contribution in [0.1, 0.15) is 30.9 Å². The molecular formula is C13H18FNO3S. The van der Waals surface area contributed by atoms with Crippen molar-refractivity contribution in [3.05, 3.63) is 35.1 Å². The number of sulfonamides is 1. The lowest BCUT2D eigenvalue weighted by molar-refractivity contribution is -0.118. The van der Waals surface area contributed by atoms with E-state index in [1.807, 2.05) is 0 Å². The molecule has 1 aromatic carbocycles. The zero-order chi connectivity index (χ0) is 14.8. The number of hydrogen-bond donors (Lipinski definition) is 0. The van der Waals surface area contributed by atoms with Gasteiger partial charge in [0.1, 0.15) is 11.6 Å². The summed E-state index contributed by atoms with van der Waals surface area (Å²) in [7, 11) is -1.96. The quantitative estimate of drug-likeness (QED) is 0.831. The Labute approximate surface area is 113 Å². The summed E-state index contributed by atoms with van der Waals surface area (Å²) in [5.41, 5.74) is 0.878. The Hall–Kier alpha value is -1.27. The fourth-order valence-electron chi connectivity index (χ4n) is 1.55. The molecule has 19 heavy (non-hydrogen) atoms. The number of nitrogens with zero attached hydrogens (tertiary/aromatic N) is 1. The minimum absolute atomic E-state index is 0.0284. The average Bonchev–Trinajstić information content (AvgIpc) is 2.29. The molecule has 6 heteroatoms. The highest BCUT2D eigenvalue weighted by Gasteiger charge is 2.16. The normalized spacial score (nSPS) is 13.6. The molecule has 0 heterocycles. The summed E-state index contributed by atoms with van der Waals surface area (Å²) in [6, 6.07) is 4.46. The van der Waals surface area contributed by atoms with Gasteiger partial charge in [0.25, 0.3) is 0 Å². The maximum absolute atomic E-state index is 13.9. The van der Waals surface area contributed by atoms with E-state index in [2.05, 4.69) is 0 Å². The summed E-state index contributed by atoms with van der Waals surface area (Å²) in [6.07, 6.45) is 1.07. The molecule has 106 valence electrons. The van der Waals surface area contributed by atoms with Crippen molar-refractivity contribution in [3.8, 4) is 0 Å². The Morgan fingerprint density at radius 3 is 2.42 bits per heavy atom. The van der Waals surface area contributed by atoms with Gasteiger partial charge in [-0.05, 0) is 18.6 Å². The van der Waals surface area contributed by atoms with Crippen LogP contribution in [0.4, 0.5) is 4.39 Å². The molecule has 0 saturated heterocycles. The van der Waals surface area contributed by atoms with Gasteiger partial charge >= 0.3 is 0 Å². The molecule has 0 fully saturated rings. The standard InChI is InChI=1S/C13H18FNO3S/c1-9(10(2)16)11-5-6-12(13(14)7-11)8-15(3)19(4,17)18/h5-7,9H,8H2,1-4H3. The number of Topliss-reactive ketones (excluding diaryl/α,β-unsaturated/α-hetero) is 1. The molecule has 1 atom stereocenters. The predicted molar refractivity (Wildman–Crippen MR) is 71.8 cm³/mol. The van der Waals surface area contributed by atoms with E-state index in [1.165, 1.54) is 26.1 Å². The van der Waals surface area contributed by atoms with Gasteiger partial charge in [-0.3, -0.25) is 4.79 Å². The second-order valence-electron chi connectivity index (χ2n) is 4.70. The molecule has 1 unspecified atom stereocenters. The van der Waals surface area contributed by atoms with Crippen LogP contribution in [-0.2, 0) is 21.4 Å². The number of rotatable bonds is 5. The van der Waals surface area contributed by atoms with E-state index < -0.39 is 15.8 Å². The second-order valence-corrected chi connectivity index (χ2v) is 6.79. The lowest BCUT2D eigenvalue weighted by atomic mass is 9.96. The van der Waals surface area contributed by atoms with E-state index >= 15 is 0 Å². The highest BCUT2D eigenvalue weighted by Crippen LogP contribution is 2.20. The van der Waals surface area contributed by atoms with Gasteiger partial charge in [0, 0.05) is 25.1 Å². The van der Waals surface area contributed by atoms with Crippen LogP contribution in [0.15, 0.2) is 18.2 Å². The monoisotopic (exact) mass is 287 g/mol. The molecule has 0 N–H and O–H groups in total. The first-order valence-corrected chi connectivity index (χ1v) is 7.68. The van der Waals surface area contributed by atoms with Gasteiger partial charge < -0.3 is 0 Å². The van der Waals surface area contributed by atoms with Gasteiger partial charge in [0.15, 0.2) is 0 Å². The lowest BCUT2D eigenvalue weighted by Crippen LogP contribution is -2.25. The second kappa shape index (κ2) is 5.79. The summed E-state index contributed by atoms with van der Waals surface area (Å²) in [5, 5.41) is 0. The van der Waals surface area contributed by atoms with Crippen molar-refractivity contribution in [1.29, 1.82) is 0 Å². The minimum Gasteiger partial charge on any atom is -0.299 e. The molecule has 0 aromatic heterocycles. The van der Waals surface area contributed by atoms with Crippen LogP contribution < -0.4 is 0 Å². The number of ketones is 1. The molecule has 1 aromatic rings. The Kier molecular flexibility index (Phi) is 4.81. The molecule has 0 spiro atoms. The lowest BCUT2D eigenvalue weighted by Gasteiger charge is -2.15. The first kappa shape index (κ1) is 15.8. The zero-order valence-electron chi connectivity index (χ0n) is 11.5. The van der Waals surface area contributed by atoms with Gasteiger partial charge in [-0.15, -0.1) is 0 Å². The first-order valence-electron chi connectivity index (χ1n) is 5.83. The summed E-state index contributed by atoms with van der Waals surface area (Å²) in [4.78, 5) is 11.2. The van der Waals surface area contributed by atoms with Crippen LogP contribution in [0.5, 0.6) is 0 Å². The molecule has 1 rings (SSSR count). The molecule has 0 aliphatic rings. The van der Waals surface area contributed by atoms with Crippen molar-refractivity contribution in [1.82, 2.24) is 4.31 Å². The van der Waals surface area contributed by atoms with Gasteiger partial charge in [-0.25, -0.2) is 17.1 Å². The molecule has 0 aliphatic heterocycles. The fraction of sp³-hybridized carbons (Fsp3) is 0.462. The van der Waals surface area contributed by atoms with Crippen molar-refractivity contribution in [2.45, 2.75) is 26.3 Å². The molecule has 0 bridgehead atoms. The molecule has 0 radical (unpaired) electrons. The fourth-order valence-corrected chi connectivity index (χ4v) is 1.93. The number of hydrogen-bond acceptors (Lipinski definition) is 3. The van der Waals surface area contributed by atoms with Gasteiger partial charge in [-0.2, -0.15) is 0 Å². The van der Waals surface area contributed by atoms with Gasteiger partial charge in [0.05, 0.1) is 6.26 Å². The van der Waals surface area contributed by atoms with E-state index in [9.17, 15) is 17.6 Å².